The molecule has 0 aliphatic carbocycles. The number of aliphatic hydroxyl groups is 1. The quantitative estimate of drug-likeness (QED) is 0.771. The summed E-state index contributed by atoms with van der Waals surface area (Å²) in [6.07, 6.45) is 0.935. The van der Waals surface area contributed by atoms with Gasteiger partial charge >= 0.3 is 6.03 Å². The third kappa shape index (κ3) is 3.05. The number of anilines is 1. The topological polar surface area (TPSA) is 78.6 Å². The van der Waals surface area contributed by atoms with E-state index in [0.29, 0.717) is 19.0 Å². The first-order valence-corrected chi connectivity index (χ1v) is 6.63. The molecule has 5 heteroatoms. The maximum absolute atomic E-state index is 12.2. The van der Waals surface area contributed by atoms with E-state index in [9.17, 15) is 9.90 Å². The number of nitrogens with one attached hydrogen (secondary N) is 1. The second-order valence-electron chi connectivity index (χ2n) is 5.04. The highest BCUT2D eigenvalue weighted by Crippen LogP contribution is 2.24. The maximum Gasteiger partial charge on any atom is 0.322 e. The molecular weight excluding hydrogens is 242 g/mol. The van der Waals surface area contributed by atoms with Gasteiger partial charge in [0.1, 0.15) is 0 Å². The van der Waals surface area contributed by atoms with Gasteiger partial charge < -0.3 is 21.1 Å². The van der Waals surface area contributed by atoms with E-state index in [-0.39, 0.29) is 18.7 Å². The Hall–Kier alpha value is -1.59. The predicted molar refractivity (Wildman–Crippen MR) is 74.7 cm³/mol. The molecule has 5 nitrogen and oxygen atoms in total. The normalized spacial score (nSPS) is 22.6. The molecule has 1 aliphatic rings. The van der Waals surface area contributed by atoms with Gasteiger partial charge in [-0.3, -0.25) is 0 Å². The van der Waals surface area contributed by atoms with E-state index in [2.05, 4.69) is 12.2 Å². The third-order valence-corrected chi connectivity index (χ3v) is 3.77. The summed E-state index contributed by atoms with van der Waals surface area (Å²) in [6.45, 7) is 3.26. The van der Waals surface area contributed by atoms with Crippen molar-refractivity contribution >= 4 is 11.7 Å². The molecule has 1 aromatic rings. The molecule has 0 radical (unpaired) electrons. The van der Waals surface area contributed by atoms with Crippen molar-refractivity contribution in [2.75, 3.05) is 18.5 Å². The number of hydrogen-bond donors (Lipinski definition) is 3. The summed E-state index contributed by atoms with van der Waals surface area (Å²) in [5.74, 6) is 0.343. The standard InChI is InChI=1S/C14H21N3O2/c1-10-6-7-17(13(10)9-18)14(19)16-12-4-2-11(8-15)3-5-12/h2-5,10,13,18H,6-9,15H2,1H3,(H,16,19). The number of rotatable bonds is 3. The fourth-order valence-electron chi connectivity index (χ4n) is 2.46. The van der Waals surface area contributed by atoms with Crippen molar-refractivity contribution in [1.29, 1.82) is 0 Å². The maximum atomic E-state index is 12.2. The summed E-state index contributed by atoms with van der Waals surface area (Å²) in [5.41, 5.74) is 7.31. The highest BCUT2D eigenvalue weighted by molar-refractivity contribution is 5.89. The molecule has 2 amide bonds. The molecule has 0 spiro atoms. The lowest BCUT2D eigenvalue weighted by Crippen LogP contribution is -2.42. The molecule has 1 aliphatic heterocycles. The average molecular weight is 263 g/mol. The van der Waals surface area contributed by atoms with Crippen molar-refractivity contribution in [2.24, 2.45) is 11.7 Å². The van der Waals surface area contributed by atoms with Crippen molar-refractivity contribution in [3.8, 4) is 0 Å². The third-order valence-electron chi connectivity index (χ3n) is 3.77. The van der Waals surface area contributed by atoms with E-state index in [4.69, 9.17) is 5.73 Å². The van der Waals surface area contributed by atoms with Gasteiger partial charge in [-0.1, -0.05) is 19.1 Å². The number of aliphatic hydroxyl groups excluding tert-OH is 1. The van der Waals surface area contributed by atoms with Crippen molar-refractivity contribution in [3.63, 3.8) is 0 Å². The Morgan fingerprint density at radius 1 is 1.47 bits per heavy atom. The molecule has 0 saturated carbocycles. The number of urea groups is 1. The van der Waals surface area contributed by atoms with E-state index >= 15 is 0 Å². The monoisotopic (exact) mass is 263 g/mol. The Bertz CT molecular complexity index is 433. The second-order valence-corrected chi connectivity index (χ2v) is 5.04. The number of hydrogen-bond acceptors (Lipinski definition) is 3. The minimum absolute atomic E-state index is 0.0146. The largest absolute Gasteiger partial charge is 0.394 e. The highest BCUT2D eigenvalue weighted by atomic mass is 16.3. The average Bonchev–Trinajstić information content (AvgIpc) is 2.80. The summed E-state index contributed by atoms with van der Waals surface area (Å²) in [6, 6.07) is 7.24. The summed E-state index contributed by atoms with van der Waals surface area (Å²) < 4.78 is 0. The zero-order valence-corrected chi connectivity index (χ0v) is 11.2. The SMILES string of the molecule is CC1CCN(C(=O)Nc2ccc(CN)cc2)C1CO. The van der Waals surface area contributed by atoms with E-state index in [1.807, 2.05) is 24.3 Å². The summed E-state index contributed by atoms with van der Waals surface area (Å²) in [5, 5.41) is 12.2. The molecule has 19 heavy (non-hydrogen) atoms. The van der Waals surface area contributed by atoms with Crippen LogP contribution in [0.3, 0.4) is 0 Å². The van der Waals surface area contributed by atoms with Gasteiger partial charge in [-0.05, 0) is 30.0 Å². The van der Waals surface area contributed by atoms with Gasteiger partial charge in [0, 0.05) is 18.8 Å². The number of carbonyl (C=O) groups is 1. The number of nitrogens with two attached hydrogens (primary N) is 1. The molecule has 4 N–H and O–H groups in total. The van der Waals surface area contributed by atoms with Crippen LogP contribution in [0.25, 0.3) is 0 Å². The van der Waals surface area contributed by atoms with Crippen LogP contribution in [0, 0.1) is 5.92 Å². The van der Waals surface area contributed by atoms with Crippen molar-refractivity contribution in [2.45, 2.75) is 25.9 Å². The number of nitrogens with zero attached hydrogens (tertiary/aromatic N) is 1. The molecule has 1 saturated heterocycles. The van der Waals surface area contributed by atoms with E-state index in [1.165, 1.54) is 0 Å². The van der Waals surface area contributed by atoms with Crippen LogP contribution in [-0.4, -0.2) is 35.2 Å². The number of carbonyl (C=O) groups excluding carboxylic acids is 1. The lowest BCUT2D eigenvalue weighted by atomic mass is 10.0. The molecule has 2 rings (SSSR count). The number of likely N-dealkylation sites (tertiary alicyclic amines) is 1. The second kappa shape index (κ2) is 6.04. The van der Waals surface area contributed by atoms with Gasteiger partial charge in [-0.15, -0.1) is 0 Å². The lowest BCUT2D eigenvalue weighted by molar-refractivity contribution is 0.152. The van der Waals surface area contributed by atoms with Crippen LogP contribution < -0.4 is 11.1 Å². The van der Waals surface area contributed by atoms with Gasteiger partial charge in [0.05, 0.1) is 12.6 Å². The minimum atomic E-state index is -0.149. The van der Waals surface area contributed by atoms with Gasteiger partial charge in [0.25, 0.3) is 0 Å². The molecule has 2 unspecified atom stereocenters. The summed E-state index contributed by atoms with van der Waals surface area (Å²) in [7, 11) is 0. The van der Waals surface area contributed by atoms with E-state index in [1.54, 1.807) is 4.90 Å². The molecular formula is C14H21N3O2. The van der Waals surface area contributed by atoms with Crippen molar-refractivity contribution in [3.05, 3.63) is 29.8 Å². The molecule has 104 valence electrons. The van der Waals surface area contributed by atoms with Crippen LogP contribution in [0.1, 0.15) is 18.9 Å². The molecule has 0 bridgehead atoms. The summed E-state index contributed by atoms with van der Waals surface area (Å²) in [4.78, 5) is 13.9. The Labute approximate surface area is 113 Å². The first-order chi connectivity index (χ1) is 9.15. The molecule has 2 atom stereocenters. The van der Waals surface area contributed by atoms with Gasteiger partial charge in [-0.2, -0.15) is 0 Å². The minimum Gasteiger partial charge on any atom is -0.394 e. The van der Waals surface area contributed by atoms with Gasteiger partial charge in [-0.25, -0.2) is 4.79 Å². The summed E-state index contributed by atoms with van der Waals surface area (Å²) >= 11 is 0. The number of amides is 2. The molecule has 1 aromatic carbocycles. The first kappa shape index (κ1) is 13.8. The molecule has 1 heterocycles. The van der Waals surface area contributed by atoms with Crippen LogP contribution in [0.15, 0.2) is 24.3 Å². The van der Waals surface area contributed by atoms with Gasteiger partial charge in [0.15, 0.2) is 0 Å². The van der Waals surface area contributed by atoms with Crippen molar-refractivity contribution in [1.82, 2.24) is 4.90 Å². The Balaban J connectivity index is 2.00. The Kier molecular flexibility index (Phi) is 4.39. The first-order valence-electron chi connectivity index (χ1n) is 6.63. The van der Waals surface area contributed by atoms with Crippen LogP contribution in [0.4, 0.5) is 10.5 Å². The van der Waals surface area contributed by atoms with E-state index in [0.717, 1.165) is 17.7 Å². The van der Waals surface area contributed by atoms with Crippen LogP contribution in [0.5, 0.6) is 0 Å². The lowest BCUT2D eigenvalue weighted by Gasteiger charge is -2.25. The smallest absolute Gasteiger partial charge is 0.322 e. The van der Waals surface area contributed by atoms with Crippen LogP contribution >= 0.6 is 0 Å². The van der Waals surface area contributed by atoms with Crippen molar-refractivity contribution < 1.29 is 9.90 Å². The van der Waals surface area contributed by atoms with Crippen LogP contribution in [-0.2, 0) is 6.54 Å². The van der Waals surface area contributed by atoms with Gasteiger partial charge in [0.2, 0.25) is 0 Å². The zero-order valence-electron chi connectivity index (χ0n) is 11.2. The Morgan fingerprint density at radius 3 is 2.74 bits per heavy atom. The Morgan fingerprint density at radius 2 is 2.16 bits per heavy atom. The fraction of sp³-hybridized carbons (Fsp3) is 0.500. The predicted octanol–water partition coefficient (Wildman–Crippen LogP) is 1.38. The molecule has 0 aromatic heterocycles. The molecule has 1 fully saturated rings. The fourth-order valence-corrected chi connectivity index (χ4v) is 2.46. The van der Waals surface area contributed by atoms with Crippen LogP contribution in [0.2, 0.25) is 0 Å². The van der Waals surface area contributed by atoms with E-state index < -0.39 is 0 Å². The highest BCUT2D eigenvalue weighted by Gasteiger charge is 2.33. The zero-order chi connectivity index (χ0) is 13.8. The number of benzene rings is 1.